The van der Waals surface area contributed by atoms with Gasteiger partial charge in [0.15, 0.2) is 0 Å². The van der Waals surface area contributed by atoms with Crippen LogP contribution >= 0.6 is 0 Å². The quantitative estimate of drug-likeness (QED) is 0.684. The third-order valence-corrected chi connectivity index (χ3v) is 2.96. The third-order valence-electron chi connectivity index (χ3n) is 2.96. The number of hydrogen-bond acceptors (Lipinski definition) is 2. The monoisotopic (exact) mass is 227 g/mol. The molecule has 0 saturated heterocycles. The van der Waals surface area contributed by atoms with E-state index in [2.05, 4.69) is 0 Å². The van der Waals surface area contributed by atoms with Crippen LogP contribution in [0.3, 0.4) is 0 Å². The van der Waals surface area contributed by atoms with Crippen LogP contribution < -0.4 is 5.56 Å². The first kappa shape index (κ1) is 9.84. The molecule has 1 aromatic heterocycles. The highest BCUT2D eigenvalue weighted by molar-refractivity contribution is 5.87. The fourth-order valence-corrected chi connectivity index (χ4v) is 2.23. The van der Waals surface area contributed by atoms with Gasteiger partial charge in [0.05, 0.1) is 11.3 Å². The SMILES string of the molecule is O=C(O)c1cc2n(c(=O)c1)-c1ccccc1C2. The number of para-hydroxylation sites is 1. The fourth-order valence-electron chi connectivity index (χ4n) is 2.23. The first-order chi connectivity index (χ1) is 8.16. The number of aromatic nitrogens is 1. The van der Waals surface area contributed by atoms with Crippen molar-refractivity contribution in [2.45, 2.75) is 6.42 Å². The second kappa shape index (κ2) is 3.31. The Kier molecular flexibility index (Phi) is 1.92. The molecule has 0 atom stereocenters. The first-order valence-corrected chi connectivity index (χ1v) is 5.24. The Morgan fingerprint density at radius 1 is 1.24 bits per heavy atom. The van der Waals surface area contributed by atoms with Crippen LogP contribution in [0.5, 0.6) is 0 Å². The number of nitrogens with zero attached hydrogens (tertiary/aromatic N) is 1. The largest absolute Gasteiger partial charge is 0.478 e. The lowest BCUT2D eigenvalue weighted by atomic mass is 10.1. The number of carboxylic acids is 1. The lowest BCUT2D eigenvalue weighted by Crippen LogP contribution is -2.19. The maximum atomic E-state index is 11.9. The van der Waals surface area contributed by atoms with Crippen LogP contribution in [0.1, 0.15) is 21.6 Å². The molecule has 0 unspecified atom stereocenters. The standard InChI is InChI=1S/C13H9NO3/c15-12-7-9(13(16)17)6-10-5-8-3-1-2-4-11(8)14(10)12/h1-4,6-7H,5H2,(H,16,17). The van der Waals surface area contributed by atoms with Crippen molar-refractivity contribution in [3.05, 3.63) is 63.6 Å². The predicted octanol–water partition coefficient (Wildman–Crippen LogP) is 1.44. The van der Waals surface area contributed by atoms with E-state index in [1.165, 1.54) is 0 Å². The van der Waals surface area contributed by atoms with Gasteiger partial charge in [0, 0.05) is 18.2 Å². The van der Waals surface area contributed by atoms with E-state index in [1.807, 2.05) is 24.3 Å². The molecule has 0 radical (unpaired) electrons. The number of rotatable bonds is 1. The molecule has 4 nitrogen and oxygen atoms in total. The van der Waals surface area contributed by atoms with Crippen molar-refractivity contribution >= 4 is 5.97 Å². The summed E-state index contributed by atoms with van der Waals surface area (Å²) in [5, 5.41) is 8.91. The van der Waals surface area contributed by atoms with E-state index >= 15 is 0 Å². The molecule has 1 aromatic carbocycles. The molecule has 1 aliphatic heterocycles. The van der Waals surface area contributed by atoms with Crippen LogP contribution in [0, 0.1) is 0 Å². The number of carbonyl (C=O) groups is 1. The molecule has 17 heavy (non-hydrogen) atoms. The van der Waals surface area contributed by atoms with Gasteiger partial charge in [-0.3, -0.25) is 9.36 Å². The zero-order chi connectivity index (χ0) is 12.0. The lowest BCUT2D eigenvalue weighted by Gasteiger charge is -2.04. The van der Waals surface area contributed by atoms with Crippen molar-refractivity contribution < 1.29 is 9.90 Å². The smallest absolute Gasteiger partial charge is 0.335 e. The van der Waals surface area contributed by atoms with E-state index in [0.717, 1.165) is 23.0 Å². The van der Waals surface area contributed by atoms with Gasteiger partial charge in [0.1, 0.15) is 0 Å². The molecule has 3 rings (SSSR count). The summed E-state index contributed by atoms with van der Waals surface area (Å²) in [6.07, 6.45) is 0.604. The van der Waals surface area contributed by atoms with Crippen molar-refractivity contribution in [2.24, 2.45) is 0 Å². The van der Waals surface area contributed by atoms with E-state index in [9.17, 15) is 9.59 Å². The molecule has 2 aromatic rings. The van der Waals surface area contributed by atoms with Crippen LogP contribution in [0.25, 0.3) is 5.69 Å². The van der Waals surface area contributed by atoms with Gasteiger partial charge in [-0.15, -0.1) is 0 Å². The molecular weight excluding hydrogens is 218 g/mol. The minimum atomic E-state index is -1.07. The maximum absolute atomic E-state index is 11.9. The third kappa shape index (κ3) is 1.38. The lowest BCUT2D eigenvalue weighted by molar-refractivity contribution is 0.0696. The molecule has 0 saturated carbocycles. The van der Waals surface area contributed by atoms with Gasteiger partial charge < -0.3 is 5.11 Å². The van der Waals surface area contributed by atoms with Crippen LogP contribution in [0.2, 0.25) is 0 Å². The highest BCUT2D eigenvalue weighted by Crippen LogP contribution is 2.25. The summed E-state index contributed by atoms with van der Waals surface area (Å²) in [7, 11) is 0. The zero-order valence-corrected chi connectivity index (χ0v) is 8.88. The van der Waals surface area contributed by atoms with Crippen molar-refractivity contribution in [2.75, 3.05) is 0 Å². The molecule has 1 N–H and O–H groups in total. The number of pyridine rings is 1. The number of fused-ring (bicyclic) bond motifs is 3. The average Bonchev–Trinajstić information content (AvgIpc) is 2.67. The zero-order valence-electron chi connectivity index (χ0n) is 8.88. The number of benzene rings is 1. The molecule has 1 aliphatic rings. The Morgan fingerprint density at radius 2 is 2.00 bits per heavy atom. The fraction of sp³-hybridized carbons (Fsp3) is 0.0769. The normalized spacial score (nSPS) is 12.0. The Morgan fingerprint density at radius 3 is 2.76 bits per heavy atom. The van der Waals surface area contributed by atoms with E-state index < -0.39 is 5.97 Å². The van der Waals surface area contributed by atoms with Crippen molar-refractivity contribution in [1.82, 2.24) is 4.57 Å². The van der Waals surface area contributed by atoms with Gasteiger partial charge in [0.25, 0.3) is 5.56 Å². The van der Waals surface area contributed by atoms with Gasteiger partial charge in [-0.1, -0.05) is 18.2 Å². The van der Waals surface area contributed by atoms with Crippen molar-refractivity contribution in [3.8, 4) is 5.69 Å². The Hall–Kier alpha value is -2.36. The van der Waals surface area contributed by atoms with Gasteiger partial charge in [-0.2, -0.15) is 0 Å². The molecule has 0 spiro atoms. The summed E-state index contributed by atoms with van der Waals surface area (Å²) in [6, 6.07) is 10.3. The van der Waals surface area contributed by atoms with Gasteiger partial charge in [0.2, 0.25) is 0 Å². The summed E-state index contributed by atoms with van der Waals surface area (Å²) >= 11 is 0. The van der Waals surface area contributed by atoms with Crippen molar-refractivity contribution in [3.63, 3.8) is 0 Å². The molecule has 0 fully saturated rings. The van der Waals surface area contributed by atoms with Crippen LogP contribution in [0.4, 0.5) is 0 Å². The van der Waals surface area contributed by atoms with Crippen LogP contribution in [0.15, 0.2) is 41.2 Å². The van der Waals surface area contributed by atoms with Gasteiger partial charge >= 0.3 is 5.97 Å². The second-order valence-corrected chi connectivity index (χ2v) is 4.02. The first-order valence-electron chi connectivity index (χ1n) is 5.24. The molecule has 0 amide bonds. The number of hydrogen-bond donors (Lipinski definition) is 1. The predicted molar refractivity (Wildman–Crippen MR) is 61.8 cm³/mol. The molecule has 4 heteroatoms. The maximum Gasteiger partial charge on any atom is 0.335 e. The van der Waals surface area contributed by atoms with Crippen molar-refractivity contribution in [1.29, 1.82) is 0 Å². The van der Waals surface area contributed by atoms with E-state index in [4.69, 9.17) is 5.11 Å². The van der Waals surface area contributed by atoms with Gasteiger partial charge in [-0.25, -0.2) is 4.79 Å². The number of carboxylic acid groups (broad SMARTS) is 1. The topological polar surface area (TPSA) is 59.3 Å². The minimum absolute atomic E-state index is 0.0501. The molecule has 0 bridgehead atoms. The van der Waals surface area contributed by atoms with Gasteiger partial charge in [-0.05, 0) is 17.7 Å². The summed E-state index contributed by atoms with van der Waals surface area (Å²) in [5.41, 5.74) is 2.39. The van der Waals surface area contributed by atoms with Crippen LogP contribution in [-0.4, -0.2) is 15.6 Å². The van der Waals surface area contributed by atoms with E-state index in [1.54, 1.807) is 10.6 Å². The highest BCUT2D eigenvalue weighted by Gasteiger charge is 2.20. The molecule has 0 aliphatic carbocycles. The molecule has 84 valence electrons. The highest BCUT2D eigenvalue weighted by atomic mass is 16.4. The Balaban J connectivity index is 2.29. The summed E-state index contributed by atoms with van der Waals surface area (Å²) in [6.45, 7) is 0. The van der Waals surface area contributed by atoms with E-state index in [-0.39, 0.29) is 11.1 Å². The average molecular weight is 227 g/mol. The number of aromatic carboxylic acids is 1. The summed E-state index contributed by atoms with van der Waals surface area (Å²) < 4.78 is 1.57. The Labute approximate surface area is 96.8 Å². The molecular formula is C13H9NO3. The summed E-state index contributed by atoms with van der Waals surface area (Å²) in [4.78, 5) is 22.8. The summed E-state index contributed by atoms with van der Waals surface area (Å²) in [5.74, 6) is -1.07. The second-order valence-electron chi connectivity index (χ2n) is 4.02. The van der Waals surface area contributed by atoms with Crippen LogP contribution in [-0.2, 0) is 6.42 Å². The molecule has 2 heterocycles. The van der Waals surface area contributed by atoms with E-state index in [0.29, 0.717) is 6.42 Å². The Bertz CT molecular complexity index is 685. The minimum Gasteiger partial charge on any atom is -0.478 e.